The highest BCUT2D eigenvalue weighted by molar-refractivity contribution is 5.40. The zero-order chi connectivity index (χ0) is 13.9. The van der Waals surface area contributed by atoms with Crippen molar-refractivity contribution in [3.63, 3.8) is 0 Å². The van der Waals surface area contributed by atoms with Crippen molar-refractivity contribution in [3.8, 4) is 5.69 Å². The van der Waals surface area contributed by atoms with Crippen molar-refractivity contribution in [3.05, 3.63) is 47.8 Å². The minimum Gasteiger partial charge on any atom is -0.306 e. The SMILES string of the molecule is CCc1ccccc1-n1ccc(CNC(C)(C)C)n1. The van der Waals surface area contributed by atoms with Gasteiger partial charge in [-0.15, -0.1) is 0 Å². The van der Waals surface area contributed by atoms with Crippen LogP contribution in [0.3, 0.4) is 0 Å². The molecule has 1 aromatic heterocycles. The van der Waals surface area contributed by atoms with Crippen LogP contribution in [0.25, 0.3) is 5.69 Å². The molecule has 1 heterocycles. The van der Waals surface area contributed by atoms with Crippen LogP contribution in [0, 0.1) is 0 Å². The number of aryl methyl sites for hydroxylation is 1. The number of benzene rings is 1. The molecule has 0 aliphatic carbocycles. The van der Waals surface area contributed by atoms with Gasteiger partial charge in [0.2, 0.25) is 0 Å². The summed E-state index contributed by atoms with van der Waals surface area (Å²) in [6.07, 6.45) is 3.06. The molecule has 0 fully saturated rings. The highest BCUT2D eigenvalue weighted by Crippen LogP contribution is 2.14. The minimum atomic E-state index is 0.116. The number of rotatable bonds is 4. The Balaban J connectivity index is 2.17. The van der Waals surface area contributed by atoms with Gasteiger partial charge in [0.15, 0.2) is 0 Å². The molecular weight excluding hydrogens is 234 g/mol. The van der Waals surface area contributed by atoms with E-state index in [1.54, 1.807) is 0 Å². The number of nitrogens with one attached hydrogen (secondary N) is 1. The third kappa shape index (κ3) is 3.67. The van der Waals surface area contributed by atoms with Gasteiger partial charge < -0.3 is 5.32 Å². The molecule has 0 saturated carbocycles. The lowest BCUT2D eigenvalue weighted by molar-refractivity contribution is 0.420. The fraction of sp³-hybridized carbons (Fsp3) is 0.438. The van der Waals surface area contributed by atoms with Crippen LogP contribution in [0.2, 0.25) is 0 Å². The van der Waals surface area contributed by atoms with Crippen molar-refractivity contribution in [1.29, 1.82) is 0 Å². The zero-order valence-electron chi connectivity index (χ0n) is 12.3. The Bertz CT molecular complexity index is 535. The van der Waals surface area contributed by atoms with E-state index in [0.29, 0.717) is 0 Å². The quantitative estimate of drug-likeness (QED) is 0.910. The molecule has 0 spiro atoms. The van der Waals surface area contributed by atoms with E-state index in [1.165, 1.54) is 11.3 Å². The molecule has 1 N–H and O–H groups in total. The Morgan fingerprint density at radius 3 is 2.58 bits per heavy atom. The van der Waals surface area contributed by atoms with E-state index in [1.807, 2.05) is 10.9 Å². The molecule has 0 unspecified atom stereocenters. The molecule has 2 rings (SSSR count). The Kier molecular flexibility index (Phi) is 4.05. The molecule has 0 amide bonds. The summed E-state index contributed by atoms with van der Waals surface area (Å²) in [5.41, 5.74) is 3.68. The molecule has 0 saturated heterocycles. The van der Waals surface area contributed by atoms with Gasteiger partial charge in [-0.2, -0.15) is 5.10 Å². The lowest BCUT2D eigenvalue weighted by Gasteiger charge is -2.19. The minimum absolute atomic E-state index is 0.116. The van der Waals surface area contributed by atoms with Crippen LogP contribution in [0.5, 0.6) is 0 Å². The zero-order valence-corrected chi connectivity index (χ0v) is 12.3. The maximum absolute atomic E-state index is 4.65. The summed E-state index contributed by atoms with van der Waals surface area (Å²) in [4.78, 5) is 0. The highest BCUT2D eigenvalue weighted by Gasteiger charge is 2.10. The Labute approximate surface area is 115 Å². The van der Waals surface area contributed by atoms with Crippen LogP contribution >= 0.6 is 0 Å². The van der Waals surface area contributed by atoms with Crippen molar-refractivity contribution in [2.24, 2.45) is 0 Å². The van der Waals surface area contributed by atoms with Crippen molar-refractivity contribution in [1.82, 2.24) is 15.1 Å². The van der Waals surface area contributed by atoms with Crippen LogP contribution in [0.15, 0.2) is 36.5 Å². The summed E-state index contributed by atoms with van der Waals surface area (Å²) >= 11 is 0. The van der Waals surface area contributed by atoms with Crippen molar-refractivity contribution < 1.29 is 0 Å². The van der Waals surface area contributed by atoms with Crippen LogP contribution in [-0.2, 0) is 13.0 Å². The third-order valence-electron chi connectivity index (χ3n) is 3.06. The highest BCUT2D eigenvalue weighted by atomic mass is 15.3. The fourth-order valence-electron chi connectivity index (χ4n) is 1.98. The predicted molar refractivity (Wildman–Crippen MR) is 79.5 cm³/mol. The molecule has 0 radical (unpaired) electrons. The van der Waals surface area contributed by atoms with E-state index in [-0.39, 0.29) is 5.54 Å². The topological polar surface area (TPSA) is 29.9 Å². The Morgan fingerprint density at radius 1 is 1.16 bits per heavy atom. The molecule has 0 aliphatic rings. The molecule has 102 valence electrons. The van der Waals surface area contributed by atoms with Gasteiger partial charge in [0.25, 0.3) is 0 Å². The first-order valence-corrected chi connectivity index (χ1v) is 6.87. The van der Waals surface area contributed by atoms with E-state index in [9.17, 15) is 0 Å². The maximum Gasteiger partial charge on any atom is 0.0767 e. The molecule has 0 atom stereocenters. The van der Waals surface area contributed by atoms with Crippen molar-refractivity contribution in [2.45, 2.75) is 46.2 Å². The third-order valence-corrected chi connectivity index (χ3v) is 3.06. The van der Waals surface area contributed by atoms with Gasteiger partial charge in [0.1, 0.15) is 0 Å². The van der Waals surface area contributed by atoms with E-state index < -0.39 is 0 Å². The van der Waals surface area contributed by atoms with Gasteiger partial charge in [0.05, 0.1) is 11.4 Å². The molecule has 3 heteroatoms. The summed E-state index contributed by atoms with van der Waals surface area (Å²) in [6, 6.07) is 10.5. The Hall–Kier alpha value is -1.61. The number of hydrogen-bond acceptors (Lipinski definition) is 2. The summed E-state index contributed by atoms with van der Waals surface area (Å²) in [5.74, 6) is 0. The normalized spacial score (nSPS) is 11.8. The summed E-state index contributed by atoms with van der Waals surface area (Å²) < 4.78 is 1.97. The molecule has 0 bridgehead atoms. The summed E-state index contributed by atoms with van der Waals surface area (Å²) in [5, 5.41) is 8.10. The fourth-order valence-corrected chi connectivity index (χ4v) is 1.98. The molecule has 0 aliphatic heterocycles. The number of aromatic nitrogens is 2. The number of hydrogen-bond donors (Lipinski definition) is 1. The van der Waals surface area contributed by atoms with Gasteiger partial charge in [-0.3, -0.25) is 0 Å². The average Bonchev–Trinajstić information content (AvgIpc) is 2.84. The van der Waals surface area contributed by atoms with Crippen LogP contribution in [0.4, 0.5) is 0 Å². The second kappa shape index (κ2) is 5.57. The van der Waals surface area contributed by atoms with Gasteiger partial charge in [-0.05, 0) is 44.9 Å². The van der Waals surface area contributed by atoms with Crippen molar-refractivity contribution in [2.75, 3.05) is 0 Å². The van der Waals surface area contributed by atoms with Gasteiger partial charge in [-0.1, -0.05) is 25.1 Å². The number of nitrogens with zero attached hydrogens (tertiary/aromatic N) is 2. The second-order valence-corrected chi connectivity index (χ2v) is 5.84. The first-order chi connectivity index (χ1) is 8.99. The average molecular weight is 257 g/mol. The Morgan fingerprint density at radius 2 is 1.89 bits per heavy atom. The van der Waals surface area contributed by atoms with Crippen LogP contribution < -0.4 is 5.32 Å². The summed E-state index contributed by atoms with van der Waals surface area (Å²) in [7, 11) is 0. The van der Waals surface area contributed by atoms with Crippen LogP contribution in [-0.4, -0.2) is 15.3 Å². The monoisotopic (exact) mass is 257 g/mol. The van der Waals surface area contributed by atoms with Gasteiger partial charge in [0, 0.05) is 18.3 Å². The van der Waals surface area contributed by atoms with Crippen molar-refractivity contribution >= 4 is 0 Å². The number of para-hydroxylation sites is 1. The van der Waals surface area contributed by atoms with Gasteiger partial charge in [-0.25, -0.2) is 4.68 Å². The predicted octanol–water partition coefficient (Wildman–Crippen LogP) is 3.32. The van der Waals surface area contributed by atoms with E-state index >= 15 is 0 Å². The molecule has 3 nitrogen and oxygen atoms in total. The van der Waals surface area contributed by atoms with E-state index in [4.69, 9.17) is 0 Å². The largest absolute Gasteiger partial charge is 0.306 e. The van der Waals surface area contributed by atoms with Crippen LogP contribution in [0.1, 0.15) is 39.0 Å². The van der Waals surface area contributed by atoms with E-state index in [2.05, 4.69) is 68.4 Å². The molecule has 2 aromatic rings. The molecular formula is C16H23N3. The summed E-state index contributed by atoms with van der Waals surface area (Å²) in [6.45, 7) is 9.46. The first-order valence-electron chi connectivity index (χ1n) is 6.87. The lowest BCUT2D eigenvalue weighted by atomic mass is 10.1. The van der Waals surface area contributed by atoms with Gasteiger partial charge >= 0.3 is 0 Å². The van der Waals surface area contributed by atoms with E-state index in [0.717, 1.165) is 18.7 Å². The maximum atomic E-state index is 4.65. The molecule has 1 aromatic carbocycles. The smallest absolute Gasteiger partial charge is 0.0767 e. The standard InChI is InChI=1S/C16H23N3/c1-5-13-8-6-7-9-15(13)19-11-10-14(18-19)12-17-16(2,3)4/h6-11,17H,5,12H2,1-4H3. The first kappa shape index (κ1) is 13.8. The lowest BCUT2D eigenvalue weighted by Crippen LogP contribution is -2.35. The molecule has 19 heavy (non-hydrogen) atoms. The second-order valence-electron chi connectivity index (χ2n) is 5.84.